The highest BCUT2D eigenvalue weighted by atomic mass is 32.2. The monoisotopic (exact) mass is 296 g/mol. The Balaban J connectivity index is 2.27. The SMILES string of the molecule is Cc1ccc(S(=O)(=O)N2CCCC(C(C)N)C2)cc1C. The van der Waals surface area contributed by atoms with Crippen molar-refractivity contribution in [3.8, 4) is 0 Å². The van der Waals surface area contributed by atoms with E-state index in [-0.39, 0.29) is 12.0 Å². The van der Waals surface area contributed by atoms with Crippen LogP contribution in [0.4, 0.5) is 0 Å². The minimum Gasteiger partial charge on any atom is -0.328 e. The molecule has 2 atom stereocenters. The second-order valence-electron chi connectivity index (χ2n) is 5.87. The van der Waals surface area contributed by atoms with Gasteiger partial charge in [-0.25, -0.2) is 8.42 Å². The Morgan fingerprint density at radius 2 is 2.00 bits per heavy atom. The molecule has 2 N–H and O–H groups in total. The molecule has 0 spiro atoms. The Morgan fingerprint density at radius 1 is 1.30 bits per heavy atom. The molecule has 5 heteroatoms. The van der Waals surface area contributed by atoms with Gasteiger partial charge in [-0.3, -0.25) is 0 Å². The van der Waals surface area contributed by atoms with Crippen LogP contribution in [0.1, 0.15) is 30.9 Å². The Morgan fingerprint density at radius 3 is 2.60 bits per heavy atom. The number of hydrogen-bond acceptors (Lipinski definition) is 3. The summed E-state index contributed by atoms with van der Waals surface area (Å²) in [6, 6.07) is 5.37. The van der Waals surface area contributed by atoms with Crippen molar-refractivity contribution in [2.45, 2.75) is 44.6 Å². The Labute approximate surface area is 122 Å². The van der Waals surface area contributed by atoms with Gasteiger partial charge in [-0.1, -0.05) is 6.07 Å². The highest BCUT2D eigenvalue weighted by Gasteiger charge is 2.31. The Kier molecular flexibility index (Phi) is 4.52. The zero-order chi connectivity index (χ0) is 14.9. The van der Waals surface area contributed by atoms with E-state index in [1.807, 2.05) is 26.8 Å². The fraction of sp³-hybridized carbons (Fsp3) is 0.600. The van der Waals surface area contributed by atoms with E-state index < -0.39 is 10.0 Å². The molecule has 1 aromatic rings. The average molecular weight is 296 g/mol. The first kappa shape index (κ1) is 15.5. The molecular formula is C15H24N2O2S. The molecule has 0 aliphatic carbocycles. The van der Waals surface area contributed by atoms with Gasteiger partial charge < -0.3 is 5.73 Å². The average Bonchev–Trinajstić information content (AvgIpc) is 2.42. The van der Waals surface area contributed by atoms with E-state index in [2.05, 4.69) is 0 Å². The molecule has 0 radical (unpaired) electrons. The molecule has 2 unspecified atom stereocenters. The molecule has 4 nitrogen and oxygen atoms in total. The summed E-state index contributed by atoms with van der Waals surface area (Å²) in [5, 5.41) is 0. The van der Waals surface area contributed by atoms with E-state index in [0.29, 0.717) is 18.0 Å². The normalized spacial score (nSPS) is 22.7. The lowest BCUT2D eigenvalue weighted by molar-refractivity contribution is 0.243. The van der Waals surface area contributed by atoms with E-state index in [9.17, 15) is 8.42 Å². The third-order valence-electron chi connectivity index (χ3n) is 4.28. The largest absolute Gasteiger partial charge is 0.328 e. The topological polar surface area (TPSA) is 63.4 Å². The minimum atomic E-state index is -3.39. The number of rotatable bonds is 3. The molecule has 1 heterocycles. The molecule has 0 saturated carbocycles. The molecule has 1 aliphatic heterocycles. The molecule has 0 amide bonds. The smallest absolute Gasteiger partial charge is 0.243 e. The van der Waals surface area contributed by atoms with Gasteiger partial charge in [-0.15, -0.1) is 0 Å². The molecular weight excluding hydrogens is 272 g/mol. The van der Waals surface area contributed by atoms with Crippen LogP contribution in [-0.4, -0.2) is 31.9 Å². The van der Waals surface area contributed by atoms with E-state index in [1.54, 1.807) is 16.4 Å². The van der Waals surface area contributed by atoms with Crippen LogP contribution in [0.3, 0.4) is 0 Å². The van der Waals surface area contributed by atoms with Crippen LogP contribution in [0.25, 0.3) is 0 Å². The Bertz CT molecular complexity index is 582. The predicted molar refractivity (Wildman–Crippen MR) is 81.0 cm³/mol. The van der Waals surface area contributed by atoms with Crippen LogP contribution in [0.2, 0.25) is 0 Å². The van der Waals surface area contributed by atoms with Gasteiger partial charge in [0.25, 0.3) is 0 Å². The molecule has 1 saturated heterocycles. The number of nitrogens with zero attached hydrogens (tertiary/aromatic N) is 1. The first-order valence-corrected chi connectivity index (χ1v) is 8.59. The zero-order valence-electron chi connectivity index (χ0n) is 12.5. The third-order valence-corrected chi connectivity index (χ3v) is 6.14. The van der Waals surface area contributed by atoms with Gasteiger partial charge >= 0.3 is 0 Å². The number of nitrogens with two attached hydrogens (primary N) is 1. The van der Waals surface area contributed by atoms with Crippen molar-refractivity contribution in [3.63, 3.8) is 0 Å². The molecule has 1 aliphatic rings. The van der Waals surface area contributed by atoms with E-state index >= 15 is 0 Å². The van der Waals surface area contributed by atoms with Gasteiger partial charge in [0, 0.05) is 19.1 Å². The second kappa shape index (κ2) is 5.84. The van der Waals surface area contributed by atoms with E-state index in [4.69, 9.17) is 5.73 Å². The molecule has 0 bridgehead atoms. The highest BCUT2D eigenvalue weighted by Crippen LogP contribution is 2.26. The molecule has 1 fully saturated rings. The number of aryl methyl sites for hydroxylation is 2. The van der Waals surface area contributed by atoms with Crippen molar-refractivity contribution < 1.29 is 8.42 Å². The first-order valence-electron chi connectivity index (χ1n) is 7.15. The van der Waals surface area contributed by atoms with Crippen molar-refractivity contribution in [1.29, 1.82) is 0 Å². The maximum atomic E-state index is 12.7. The quantitative estimate of drug-likeness (QED) is 0.928. The number of hydrogen-bond donors (Lipinski definition) is 1. The second-order valence-corrected chi connectivity index (χ2v) is 7.81. The predicted octanol–water partition coefficient (Wildman–Crippen LogP) is 2.05. The fourth-order valence-corrected chi connectivity index (χ4v) is 4.27. The third kappa shape index (κ3) is 3.05. The summed E-state index contributed by atoms with van der Waals surface area (Å²) >= 11 is 0. The molecule has 20 heavy (non-hydrogen) atoms. The van der Waals surface area contributed by atoms with Crippen LogP contribution in [0.15, 0.2) is 23.1 Å². The van der Waals surface area contributed by atoms with E-state index in [1.165, 1.54) is 0 Å². The minimum absolute atomic E-state index is 0.0350. The van der Waals surface area contributed by atoms with Gasteiger partial charge in [0.05, 0.1) is 4.90 Å². The summed E-state index contributed by atoms with van der Waals surface area (Å²) in [5.41, 5.74) is 8.05. The summed E-state index contributed by atoms with van der Waals surface area (Å²) in [6.45, 7) is 7.01. The summed E-state index contributed by atoms with van der Waals surface area (Å²) in [7, 11) is -3.39. The zero-order valence-corrected chi connectivity index (χ0v) is 13.3. The Hall–Kier alpha value is -0.910. The van der Waals surface area contributed by atoms with Crippen LogP contribution in [0, 0.1) is 19.8 Å². The number of benzene rings is 1. The van der Waals surface area contributed by atoms with E-state index in [0.717, 1.165) is 24.0 Å². The molecule has 1 aromatic carbocycles. The van der Waals surface area contributed by atoms with Gasteiger partial charge in [0.2, 0.25) is 10.0 Å². The lowest BCUT2D eigenvalue weighted by Crippen LogP contribution is -2.44. The lowest BCUT2D eigenvalue weighted by Gasteiger charge is -2.33. The maximum Gasteiger partial charge on any atom is 0.243 e. The van der Waals surface area contributed by atoms with Crippen molar-refractivity contribution in [2.75, 3.05) is 13.1 Å². The molecule has 0 aromatic heterocycles. The summed E-state index contributed by atoms with van der Waals surface area (Å²) < 4.78 is 27.0. The van der Waals surface area contributed by atoms with Crippen LogP contribution < -0.4 is 5.73 Å². The van der Waals surface area contributed by atoms with Gasteiger partial charge in [0.1, 0.15) is 0 Å². The standard InChI is InChI=1S/C15H24N2O2S/c1-11-6-7-15(9-12(11)2)20(18,19)17-8-4-5-14(10-17)13(3)16/h6-7,9,13-14H,4-5,8,10,16H2,1-3H3. The number of piperidine rings is 1. The highest BCUT2D eigenvalue weighted by molar-refractivity contribution is 7.89. The van der Waals surface area contributed by atoms with Crippen LogP contribution >= 0.6 is 0 Å². The van der Waals surface area contributed by atoms with Crippen LogP contribution in [-0.2, 0) is 10.0 Å². The van der Waals surface area contributed by atoms with Crippen molar-refractivity contribution >= 4 is 10.0 Å². The molecule has 2 rings (SSSR count). The molecule has 112 valence electrons. The van der Waals surface area contributed by atoms with Gasteiger partial charge in [-0.05, 0) is 62.8 Å². The van der Waals surface area contributed by atoms with Crippen molar-refractivity contribution in [1.82, 2.24) is 4.31 Å². The summed E-state index contributed by atoms with van der Waals surface area (Å²) in [5.74, 6) is 0.255. The fourth-order valence-electron chi connectivity index (χ4n) is 2.64. The van der Waals surface area contributed by atoms with Crippen LogP contribution in [0.5, 0.6) is 0 Å². The van der Waals surface area contributed by atoms with Gasteiger partial charge in [0.15, 0.2) is 0 Å². The summed E-state index contributed by atoms with van der Waals surface area (Å²) in [6.07, 6.45) is 1.90. The maximum absolute atomic E-state index is 12.7. The summed E-state index contributed by atoms with van der Waals surface area (Å²) in [4.78, 5) is 0.394. The number of sulfonamides is 1. The van der Waals surface area contributed by atoms with Crippen molar-refractivity contribution in [3.05, 3.63) is 29.3 Å². The lowest BCUT2D eigenvalue weighted by atomic mass is 9.93. The first-order chi connectivity index (χ1) is 9.32. The van der Waals surface area contributed by atoms with Crippen molar-refractivity contribution in [2.24, 2.45) is 11.7 Å². The van der Waals surface area contributed by atoms with Gasteiger partial charge in [-0.2, -0.15) is 4.31 Å².